The highest BCUT2D eigenvalue weighted by Crippen LogP contribution is 2.16. The number of amides is 1. The maximum Gasteiger partial charge on any atom is 0.270 e. The number of anilines is 1. The van der Waals surface area contributed by atoms with Crippen molar-refractivity contribution in [1.29, 1.82) is 0 Å². The fourth-order valence-electron chi connectivity index (χ4n) is 1.96. The van der Waals surface area contributed by atoms with Crippen LogP contribution in [0.2, 0.25) is 0 Å². The second-order valence-corrected chi connectivity index (χ2v) is 6.14. The Hall–Kier alpha value is -1.88. The van der Waals surface area contributed by atoms with Gasteiger partial charge >= 0.3 is 0 Å². The van der Waals surface area contributed by atoms with Crippen molar-refractivity contribution in [3.05, 3.63) is 45.9 Å². The SMILES string of the molecule is CNc1ccnc(C(=O)NC(C)Cc2ccc(C)s2)c1. The van der Waals surface area contributed by atoms with Crippen molar-refractivity contribution in [3.63, 3.8) is 0 Å². The lowest BCUT2D eigenvalue weighted by atomic mass is 10.2. The predicted molar refractivity (Wildman–Crippen MR) is 83.5 cm³/mol. The van der Waals surface area contributed by atoms with Gasteiger partial charge in [0.2, 0.25) is 0 Å². The Balaban J connectivity index is 1.96. The van der Waals surface area contributed by atoms with Gasteiger partial charge in [0.15, 0.2) is 0 Å². The molecule has 2 heterocycles. The first-order valence-electron chi connectivity index (χ1n) is 6.58. The van der Waals surface area contributed by atoms with Crippen LogP contribution >= 0.6 is 11.3 Å². The molecule has 4 nitrogen and oxygen atoms in total. The number of aryl methyl sites for hydroxylation is 1. The number of carbonyl (C=O) groups excluding carboxylic acids is 1. The minimum Gasteiger partial charge on any atom is -0.388 e. The van der Waals surface area contributed by atoms with Gasteiger partial charge in [0, 0.05) is 41.1 Å². The van der Waals surface area contributed by atoms with Crippen LogP contribution in [0, 0.1) is 6.92 Å². The van der Waals surface area contributed by atoms with Crippen molar-refractivity contribution in [2.75, 3.05) is 12.4 Å². The highest BCUT2D eigenvalue weighted by molar-refractivity contribution is 7.11. The van der Waals surface area contributed by atoms with Gasteiger partial charge in [0.25, 0.3) is 5.91 Å². The van der Waals surface area contributed by atoms with Crippen molar-refractivity contribution in [1.82, 2.24) is 10.3 Å². The molecule has 2 N–H and O–H groups in total. The van der Waals surface area contributed by atoms with Gasteiger partial charge in [-0.1, -0.05) is 0 Å². The van der Waals surface area contributed by atoms with E-state index in [-0.39, 0.29) is 11.9 Å². The van der Waals surface area contributed by atoms with Gasteiger partial charge in [-0.25, -0.2) is 0 Å². The molecule has 0 fully saturated rings. The molecule has 0 aliphatic carbocycles. The standard InChI is InChI=1S/C15H19N3OS/c1-10(8-13-5-4-11(2)20-13)18-15(19)14-9-12(16-3)6-7-17-14/h4-7,9-10H,8H2,1-3H3,(H,16,17)(H,18,19). The molecule has 1 unspecified atom stereocenters. The van der Waals surface area contributed by atoms with Crippen LogP contribution in [-0.2, 0) is 6.42 Å². The molecule has 1 amide bonds. The quantitative estimate of drug-likeness (QED) is 0.890. The number of nitrogens with zero attached hydrogens (tertiary/aromatic N) is 1. The highest BCUT2D eigenvalue weighted by Gasteiger charge is 2.12. The van der Waals surface area contributed by atoms with Gasteiger partial charge in [0.1, 0.15) is 5.69 Å². The highest BCUT2D eigenvalue weighted by atomic mass is 32.1. The largest absolute Gasteiger partial charge is 0.388 e. The van der Waals surface area contributed by atoms with E-state index in [2.05, 4.69) is 34.7 Å². The van der Waals surface area contributed by atoms with E-state index in [1.165, 1.54) is 9.75 Å². The summed E-state index contributed by atoms with van der Waals surface area (Å²) in [5.74, 6) is -0.136. The fraction of sp³-hybridized carbons (Fsp3) is 0.333. The first-order valence-corrected chi connectivity index (χ1v) is 7.40. The third kappa shape index (κ3) is 3.81. The molecule has 0 saturated heterocycles. The predicted octanol–water partition coefficient (Wildman–Crippen LogP) is 2.85. The number of carbonyl (C=O) groups is 1. The van der Waals surface area contributed by atoms with Crippen LogP contribution in [0.5, 0.6) is 0 Å². The number of hydrogen-bond acceptors (Lipinski definition) is 4. The summed E-state index contributed by atoms with van der Waals surface area (Å²) in [6, 6.07) is 7.88. The number of pyridine rings is 1. The zero-order valence-electron chi connectivity index (χ0n) is 11.9. The summed E-state index contributed by atoms with van der Waals surface area (Å²) in [6.45, 7) is 4.10. The van der Waals surface area contributed by atoms with Gasteiger partial charge in [-0.05, 0) is 38.1 Å². The summed E-state index contributed by atoms with van der Waals surface area (Å²) in [7, 11) is 1.82. The van der Waals surface area contributed by atoms with Gasteiger partial charge < -0.3 is 10.6 Å². The molecule has 0 aliphatic heterocycles. The lowest BCUT2D eigenvalue weighted by Gasteiger charge is -2.13. The molecule has 2 aromatic rings. The Morgan fingerprint density at radius 1 is 1.40 bits per heavy atom. The topological polar surface area (TPSA) is 54.0 Å². The fourth-order valence-corrected chi connectivity index (χ4v) is 2.97. The van der Waals surface area contributed by atoms with Crippen LogP contribution in [0.3, 0.4) is 0 Å². The molecular formula is C15H19N3OS. The summed E-state index contributed by atoms with van der Waals surface area (Å²) in [6.07, 6.45) is 2.48. The molecule has 2 rings (SSSR count). The van der Waals surface area contributed by atoms with E-state index in [0.29, 0.717) is 5.69 Å². The maximum atomic E-state index is 12.1. The Bertz CT molecular complexity index is 594. The van der Waals surface area contributed by atoms with Crippen molar-refractivity contribution in [3.8, 4) is 0 Å². The molecule has 2 aromatic heterocycles. The number of nitrogens with one attached hydrogen (secondary N) is 2. The average molecular weight is 289 g/mol. The lowest BCUT2D eigenvalue weighted by molar-refractivity contribution is 0.0935. The molecule has 106 valence electrons. The van der Waals surface area contributed by atoms with E-state index >= 15 is 0 Å². The number of hydrogen-bond donors (Lipinski definition) is 2. The van der Waals surface area contributed by atoms with Crippen LogP contribution in [0.25, 0.3) is 0 Å². The minimum atomic E-state index is -0.136. The Labute approximate surface area is 123 Å². The van der Waals surface area contributed by atoms with Crippen molar-refractivity contribution < 1.29 is 4.79 Å². The summed E-state index contributed by atoms with van der Waals surface area (Å²) in [5, 5.41) is 5.98. The molecule has 5 heteroatoms. The third-order valence-corrected chi connectivity index (χ3v) is 3.99. The molecule has 0 aromatic carbocycles. The number of rotatable bonds is 5. The third-order valence-electron chi connectivity index (χ3n) is 2.96. The van der Waals surface area contributed by atoms with Crippen LogP contribution in [0.4, 0.5) is 5.69 Å². The summed E-state index contributed by atoms with van der Waals surface area (Å²) in [5.41, 5.74) is 1.32. The molecule has 0 saturated carbocycles. The zero-order chi connectivity index (χ0) is 14.5. The van der Waals surface area contributed by atoms with E-state index in [1.54, 1.807) is 23.6 Å². The minimum absolute atomic E-state index is 0.0839. The van der Waals surface area contributed by atoms with Crippen LogP contribution in [0.15, 0.2) is 30.5 Å². The summed E-state index contributed by atoms with van der Waals surface area (Å²) < 4.78 is 0. The average Bonchev–Trinajstić information content (AvgIpc) is 2.83. The van der Waals surface area contributed by atoms with Crippen molar-refractivity contribution in [2.45, 2.75) is 26.3 Å². The molecule has 0 bridgehead atoms. The van der Waals surface area contributed by atoms with E-state index in [0.717, 1.165) is 12.1 Å². The van der Waals surface area contributed by atoms with Crippen LogP contribution < -0.4 is 10.6 Å². The number of thiophene rings is 1. The normalized spacial score (nSPS) is 11.9. The first kappa shape index (κ1) is 14.5. The number of aromatic nitrogens is 1. The van der Waals surface area contributed by atoms with E-state index in [9.17, 15) is 4.79 Å². The molecule has 1 atom stereocenters. The van der Waals surface area contributed by atoms with Gasteiger partial charge in [0.05, 0.1) is 0 Å². The molecule has 0 spiro atoms. The van der Waals surface area contributed by atoms with Crippen molar-refractivity contribution in [2.24, 2.45) is 0 Å². The molecule has 0 aliphatic rings. The van der Waals surface area contributed by atoms with Crippen molar-refractivity contribution >= 4 is 22.9 Å². The van der Waals surface area contributed by atoms with Crippen LogP contribution in [0.1, 0.15) is 27.2 Å². The summed E-state index contributed by atoms with van der Waals surface area (Å²) in [4.78, 5) is 18.8. The molecule has 0 radical (unpaired) electrons. The van der Waals surface area contributed by atoms with E-state index in [4.69, 9.17) is 0 Å². The second kappa shape index (κ2) is 6.52. The van der Waals surface area contributed by atoms with Gasteiger partial charge in [-0.2, -0.15) is 0 Å². The van der Waals surface area contributed by atoms with E-state index in [1.807, 2.05) is 20.0 Å². The first-order chi connectivity index (χ1) is 9.58. The monoisotopic (exact) mass is 289 g/mol. The molecule has 20 heavy (non-hydrogen) atoms. The molecular weight excluding hydrogens is 270 g/mol. The smallest absolute Gasteiger partial charge is 0.270 e. The Kier molecular flexibility index (Phi) is 4.74. The van der Waals surface area contributed by atoms with Gasteiger partial charge in [-0.3, -0.25) is 9.78 Å². The van der Waals surface area contributed by atoms with Gasteiger partial charge in [-0.15, -0.1) is 11.3 Å². The van der Waals surface area contributed by atoms with E-state index < -0.39 is 0 Å². The zero-order valence-corrected chi connectivity index (χ0v) is 12.8. The lowest BCUT2D eigenvalue weighted by Crippen LogP contribution is -2.34. The Morgan fingerprint density at radius 2 is 2.20 bits per heavy atom. The second-order valence-electron chi connectivity index (χ2n) is 4.77. The van der Waals surface area contributed by atoms with Crippen LogP contribution in [-0.4, -0.2) is 24.0 Å². The Morgan fingerprint density at radius 3 is 2.85 bits per heavy atom. The summed E-state index contributed by atoms with van der Waals surface area (Å²) >= 11 is 1.77. The maximum absolute atomic E-state index is 12.1.